The van der Waals surface area contributed by atoms with Crippen molar-refractivity contribution in [2.75, 3.05) is 0 Å². The largest absolute Gasteiger partial charge is 0.321 e. The van der Waals surface area contributed by atoms with E-state index in [2.05, 4.69) is 23.3 Å². The molecule has 134 valence electrons. The van der Waals surface area contributed by atoms with Crippen LogP contribution in [0.15, 0.2) is 78.2 Å². The van der Waals surface area contributed by atoms with Crippen LogP contribution in [0.2, 0.25) is 5.02 Å². The number of thiophene rings is 1. The number of benzene rings is 1. The Morgan fingerprint density at radius 2 is 2.00 bits per heavy atom. The molecule has 27 heavy (non-hydrogen) atoms. The van der Waals surface area contributed by atoms with Gasteiger partial charge in [-0.1, -0.05) is 41.5 Å². The van der Waals surface area contributed by atoms with Gasteiger partial charge in [0.25, 0.3) is 5.91 Å². The van der Waals surface area contributed by atoms with E-state index >= 15 is 0 Å². The highest BCUT2D eigenvalue weighted by molar-refractivity contribution is 7.21. The maximum Gasteiger partial charge on any atom is 0.266 e. The molecule has 1 aliphatic carbocycles. The van der Waals surface area contributed by atoms with Crippen molar-refractivity contribution in [2.45, 2.75) is 13.3 Å². The van der Waals surface area contributed by atoms with E-state index < -0.39 is 0 Å². The molecule has 0 fully saturated rings. The molecule has 0 unspecified atom stereocenters. The minimum absolute atomic E-state index is 0.133. The number of aromatic nitrogens is 1. The zero-order chi connectivity index (χ0) is 18.8. The molecule has 1 amide bonds. The summed E-state index contributed by atoms with van der Waals surface area (Å²) in [6, 6.07) is 11.4. The average molecular weight is 393 g/mol. The molecule has 2 heterocycles. The van der Waals surface area contributed by atoms with Gasteiger partial charge >= 0.3 is 0 Å². The van der Waals surface area contributed by atoms with Crippen molar-refractivity contribution in [2.24, 2.45) is 0 Å². The Labute approximate surface area is 166 Å². The number of pyridine rings is 1. The topological polar surface area (TPSA) is 42.0 Å². The van der Waals surface area contributed by atoms with Crippen LogP contribution in [-0.2, 0) is 0 Å². The van der Waals surface area contributed by atoms with Crippen molar-refractivity contribution in [1.29, 1.82) is 0 Å². The number of nitrogens with one attached hydrogen (secondary N) is 1. The maximum atomic E-state index is 13.1. The zero-order valence-electron chi connectivity index (χ0n) is 14.7. The number of carbonyl (C=O) groups is 1. The number of hydrogen-bond donors (Lipinski definition) is 1. The second kappa shape index (κ2) is 7.51. The monoisotopic (exact) mass is 392 g/mol. The molecule has 0 radical (unpaired) electrons. The Bertz CT molecular complexity index is 1110. The van der Waals surface area contributed by atoms with Crippen LogP contribution < -0.4 is 5.32 Å². The third-order valence-corrected chi connectivity index (χ3v) is 5.71. The molecule has 1 aromatic carbocycles. The summed E-state index contributed by atoms with van der Waals surface area (Å²) < 4.78 is 0. The highest BCUT2D eigenvalue weighted by Crippen LogP contribution is 2.38. The summed E-state index contributed by atoms with van der Waals surface area (Å²) in [5, 5.41) is 4.66. The number of rotatable bonds is 3. The first kappa shape index (κ1) is 17.7. The van der Waals surface area contributed by atoms with Gasteiger partial charge in [0.2, 0.25) is 0 Å². The number of allylic oxidation sites excluding steroid dienone is 5. The predicted octanol–water partition coefficient (Wildman–Crippen LogP) is 6.14. The lowest BCUT2D eigenvalue weighted by molar-refractivity contribution is 0.0972. The molecular weight excluding hydrogens is 376 g/mol. The first-order chi connectivity index (χ1) is 13.1. The zero-order valence-corrected chi connectivity index (χ0v) is 16.3. The fraction of sp³-hybridized carbons (Fsp3) is 0.0909. The van der Waals surface area contributed by atoms with Gasteiger partial charge in [-0.3, -0.25) is 4.79 Å². The molecule has 3 aromatic rings. The highest BCUT2D eigenvalue weighted by Gasteiger charge is 2.20. The van der Waals surface area contributed by atoms with E-state index in [1.54, 1.807) is 6.20 Å². The molecule has 0 aliphatic heterocycles. The van der Waals surface area contributed by atoms with Gasteiger partial charge < -0.3 is 5.32 Å². The third-order valence-electron chi connectivity index (χ3n) is 4.35. The second-order valence-electron chi connectivity index (χ2n) is 6.36. The number of nitrogens with zero attached hydrogens (tertiary/aromatic N) is 1. The molecule has 1 N–H and O–H groups in total. The molecule has 0 saturated carbocycles. The molecule has 0 atom stereocenters. The van der Waals surface area contributed by atoms with Gasteiger partial charge in [-0.05, 0) is 55.3 Å². The molecule has 1 aliphatic rings. The molecule has 3 nitrogen and oxygen atoms in total. The molecule has 0 saturated heterocycles. The number of amides is 1. The van der Waals surface area contributed by atoms with Crippen molar-refractivity contribution in [3.05, 3.63) is 88.1 Å². The van der Waals surface area contributed by atoms with Crippen molar-refractivity contribution in [3.63, 3.8) is 0 Å². The van der Waals surface area contributed by atoms with E-state index in [-0.39, 0.29) is 5.91 Å². The van der Waals surface area contributed by atoms with Crippen molar-refractivity contribution in [3.8, 4) is 11.1 Å². The van der Waals surface area contributed by atoms with Gasteiger partial charge in [-0.2, -0.15) is 0 Å². The molecule has 0 spiro atoms. The third kappa shape index (κ3) is 3.72. The summed E-state index contributed by atoms with van der Waals surface area (Å²) in [5.74, 6) is -0.133. The number of carbonyl (C=O) groups excluding carboxylic acids is 1. The summed E-state index contributed by atoms with van der Waals surface area (Å²) in [7, 11) is 0. The minimum Gasteiger partial charge on any atom is -0.321 e. The van der Waals surface area contributed by atoms with Crippen LogP contribution in [0.25, 0.3) is 21.3 Å². The number of fused-ring (bicyclic) bond motifs is 1. The van der Waals surface area contributed by atoms with Gasteiger partial charge in [0, 0.05) is 27.9 Å². The normalized spacial score (nSPS) is 13.9. The van der Waals surface area contributed by atoms with Crippen LogP contribution in [0.5, 0.6) is 0 Å². The maximum absolute atomic E-state index is 13.1. The van der Waals surface area contributed by atoms with E-state index in [0.29, 0.717) is 9.90 Å². The lowest BCUT2D eigenvalue weighted by Gasteiger charge is -2.07. The van der Waals surface area contributed by atoms with E-state index in [9.17, 15) is 4.79 Å². The van der Waals surface area contributed by atoms with Crippen LogP contribution in [0.4, 0.5) is 0 Å². The lowest BCUT2D eigenvalue weighted by Crippen LogP contribution is -2.21. The van der Waals surface area contributed by atoms with Crippen LogP contribution in [0, 0.1) is 0 Å². The summed E-state index contributed by atoms with van der Waals surface area (Å²) >= 11 is 7.44. The van der Waals surface area contributed by atoms with E-state index in [1.165, 1.54) is 16.9 Å². The molecular formula is C22H17ClN2OS. The fourth-order valence-electron chi connectivity index (χ4n) is 2.99. The number of halogens is 1. The van der Waals surface area contributed by atoms with E-state index in [4.69, 9.17) is 11.6 Å². The van der Waals surface area contributed by atoms with Crippen LogP contribution >= 0.6 is 22.9 Å². The second-order valence-corrected chi connectivity index (χ2v) is 7.80. The first-order valence-corrected chi connectivity index (χ1v) is 9.80. The molecule has 0 bridgehead atoms. The quantitative estimate of drug-likeness (QED) is 0.581. The lowest BCUT2D eigenvalue weighted by atomic mass is 10.0. The predicted molar refractivity (Wildman–Crippen MR) is 113 cm³/mol. The summed E-state index contributed by atoms with van der Waals surface area (Å²) in [4.78, 5) is 19.0. The highest BCUT2D eigenvalue weighted by atomic mass is 35.5. The Morgan fingerprint density at radius 1 is 1.19 bits per heavy atom. The van der Waals surface area contributed by atoms with Crippen molar-refractivity contribution in [1.82, 2.24) is 10.3 Å². The molecule has 4 rings (SSSR count). The minimum atomic E-state index is -0.133. The van der Waals surface area contributed by atoms with Gasteiger partial charge in [-0.25, -0.2) is 4.98 Å². The van der Waals surface area contributed by atoms with Gasteiger partial charge in [0.1, 0.15) is 9.71 Å². The van der Waals surface area contributed by atoms with E-state index in [1.807, 2.05) is 54.6 Å². The van der Waals surface area contributed by atoms with Crippen LogP contribution in [0.3, 0.4) is 0 Å². The summed E-state index contributed by atoms with van der Waals surface area (Å²) in [6.45, 7) is 2.07. The van der Waals surface area contributed by atoms with Gasteiger partial charge in [-0.15, -0.1) is 11.3 Å². The van der Waals surface area contributed by atoms with Crippen molar-refractivity contribution < 1.29 is 4.79 Å². The summed E-state index contributed by atoms with van der Waals surface area (Å²) in [5.41, 5.74) is 3.87. The smallest absolute Gasteiger partial charge is 0.266 e. The first-order valence-electron chi connectivity index (χ1n) is 8.60. The Balaban J connectivity index is 1.78. The van der Waals surface area contributed by atoms with Crippen LogP contribution in [0.1, 0.15) is 23.0 Å². The van der Waals surface area contributed by atoms with E-state index in [0.717, 1.165) is 33.5 Å². The molecule has 5 heteroatoms. The average Bonchev–Trinajstić information content (AvgIpc) is 2.94. The fourth-order valence-corrected chi connectivity index (χ4v) is 4.18. The molecule has 2 aromatic heterocycles. The van der Waals surface area contributed by atoms with Gasteiger partial charge in [0.15, 0.2) is 0 Å². The standard InChI is InChI=1S/C22H17ClN2OS/c1-14-4-2-5-17(12-7-14)25-21(26)20-19(15-8-10-16(23)11-9-15)18-6-3-13-24-22(18)27-20/h2-3,5-13H,4H2,1H3,(H,25,26). The number of hydrogen-bond acceptors (Lipinski definition) is 3. The van der Waals surface area contributed by atoms with Gasteiger partial charge in [0.05, 0.1) is 0 Å². The van der Waals surface area contributed by atoms with Crippen LogP contribution in [-0.4, -0.2) is 10.9 Å². The van der Waals surface area contributed by atoms with Crippen molar-refractivity contribution >= 4 is 39.1 Å². The Hall–Kier alpha value is -2.69. The summed E-state index contributed by atoms with van der Waals surface area (Å²) in [6.07, 6.45) is 10.6. The SMILES string of the molecule is CC1=CC=C(NC(=O)c2sc3ncccc3c2-c2ccc(Cl)cc2)C=CC1. The Morgan fingerprint density at radius 3 is 2.81 bits per heavy atom. The Kier molecular flexibility index (Phi) is 4.92.